The van der Waals surface area contributed by atoms with Gasteiger partial charge in [-0.05, 0) is 50.1 Å². The van der Waals surface area contributed by atoms with Crippen LogP contribution in [0, 0.1) is 6.92 Å². The first-order valence-corrected chi connectivity index (χ1v) is 9.90. The van der Waals surface area contributed by atoms with Gasteiger partial charge < -0.3 is 23.5 Å². The summed E-state index contributed by atoms with van der Waals surface area (Å²) in [5.74, 6) is 0.490. The molecule has 1 unspecified atom stereocenters. The van der Waals surface area contributed by atoms with Crippen molar-refractivity contribution < 1.29 is 28.5 Å². The number of fused-ring (bicyclic) bond motifs is 2. The van der Waals surface area contributed by atoms with Crippen LogP contribution in [0.5, 0.6) is 17.2 Å². The molecular formula is C23H21NO6. The van der Waals surface area contributed by atoms with Crippen molar-refractivity contribution in [2.45, 2.75) is 31.9 Å². The summed E-state index contributed by atoms with van der Waals surface area (Å²) in [7, 11) is 1.37. The molecule has 0 amide bonds. The number of carbonyl (C=O) groups is 2. The van der Waals surface area contributed by atoms with E-state index in [9.17, 15) is 9.59 Å². The smallest absolute Gasteiger partial charge is 0.356 e. The topological polar surface area (TPSA) is 76.0 Å². The van der Waals surface area contributed by atoms with Crippen molar-refractivity contribution in [2.75, 3.05) is 13.7 Å². The molecule has 0 bridgehead atoms. The summed E-state index contributed by atoms with van der Waals surface area (Å²) >= 11 is 0. The highest BCUT2D eigenvalue weighted by atomic mass is 16.6. The van der Waals surface area contributed by atoms with Gasteiger partial charge in [-0.15, -0.1) is 0 Å². The van der Waals surface area contributed by atoms with Gasteiger partial charge in [0.1, 0.15) is 12.4 Å². The minimum atomic E-state index is -0.867. The number of carbonyl (C=O) groups excluding carboxylic acids is 2. The molecule has 2 heterocycles. The number of benzene rings is 2. The van der Waals surface area contributed by atoms with Crippen molar-refractivity contribution >= 4 is 22.8 Å². The van der Waals surface area contributed by atoms with Crippen LogP contribution in [0.25, 0.3) is 10.9 Å². The van der Waals surface area contributed by atoms with Crippen LogP contribution in [0.3, 0.4) is 0 Å². The fourth-order valence-electron chi connectivity index (χ4n) is 3.97. The third-order valence-corrected chi connectivity index (χ3v) is 5.51. The second-order valence-electron chi connectivity index (χ2n) is 7.52. The predicted molar refractivity (Wildman–Crippen MR) is 108 cm³/mol. The first kappa shape index (κ1) is 18.5. The minimum Gasteiger partial charge on any atom is -0.485 e. The number of esters is 2. The third-order valence-electron chi connectivity index (χ3n) is 5.51. The van der Waals surface area contributed by atoms with E-state index in [1.54, 1.807) is 24.3 Å². The fraction of sp³-hybridized carbons (Fsp3) is 0.304. The van der Waals surface area contributed by atoms with Gasteiger partial charge in [0.2, 0.25) is 6.10 Å². The molecule has 0 N–H and O–H groups in total. The molecule has 154 valence electrons. The summed E-state index contributed by atoms with van der Waals surface area (Å²) in [6.07, 6.45) is 1.30. The van der Waals surface area contributed by atoms with Crippen LogP contribution in [-0.2, 0) is 9.53 Å². The average molecular weight is 407 g/mol. The molecule has 3 aromatic rings. The molecule has 0 saturated heterocycles. The van der Waals surface area contributed by atoms with E-state index in [1.807, 2.05) is 25.1 Å². The number of nitrogens with zero attached hydrogens (tertiary/aromatic N) is 1. The van der Waals surface area contributed by atoms with Gasteiger partial charge >= 0.3 is 11.9 Å². The molecule has 1 fully saturated rings. The summed E-state index contributed by atoms with van der Waals surface area (Å²) in [5, 5.41) is 0.711. The van der Waals surface area contributed by atoms with E-state index in [2.05, 4.69) is 4.57 Å². The molecule has 7 heteroatoms. The molecule has 1 aliphatic heterocycles. The van der Waals surface area contributed by atoms with Crippen LogP contribution in [0.15, 0.2) is 42.5 Å². The van der Waals surface area contributed by atoms with Crippen molar-refractivity contribution in [2.24, 2.45) is 0 Å². The molecule has 2 aliphatic rings. The van der Waals surface area contributed by atoms with E-state index in [4.69, 9.17) is 18.9 Å². The Morgan fingerprint density at radius 2 is 1.87 bits per heavy atom. The van der Waals surface area contributed by atoms with Gasteiger partial charge in [0.25, 0.3) is 0 Å². The number of rotatable bonds is 4. The molecule has 30 heavy (non-hydrogen) atoms. The maximum atomic E-state index is 12.7. The Morgan fingerprint density at radius 1 is 1.10 bits per heavy atom. The highest BCUT2D eigenvalue weighted by Gasteiger charge is 2.32. The number of methoxy groups -OCH3 is 1. The standard InChI is InChI=1S/C23H21NO6/c1-13-21(23(26)27-2)16-11-15(9-10-17(16)24(13)14-7-8-14)29-22(25)20-12-28-18-5-3-4-6-19(18)30-20/h3-6,9-11,14,20H,7-8,12H2,1-2H3. The highest BCUT2D eigenvalue weighted by Crippen LogP contribution is 2.42. The zero-order valence-corrected chi connectivity index (χ0v) is 16.7. The van der Waals surface area contributed by atoms with E-state index in [0.29, 0.717) is 34.2 Å². The maximum Gasteiger partial charge on any atom is 0.356 e. The van der Waals surface area contributed by atoms with Crippen molar-refractivity contribution in [3.63, 3.8) is 0 Å². The number of ether oxygens (including phenoxy) is 4. The monoisotopic (exact) mass is 407 g/mol. The van der Waals surface area contributed by atoms with Crippen molar-refractivity contribution in [3.05, 3.63) is 53.7 Å². The summed E-state index contributed by atoms with van der Waals surface area (Å²) in [6.45, 7) is 1.99. The zero-order chi connectivity index (χ0) is 20.8. The van der Waals surface area contributed by atoms with Gasteiger partial charge in [-0.1, -0.05) is 12.1 Å². The van der Waals surface area contributed by atoms with Gasteiger partial charge in [0.15, 0.2) is 11.5 Å². The van der Waals surface area contributed by atoms with Crippen LogP contribution < -0.4 is 14.2 Å². The lowest BCUT2D eigenvalue weighted by atomic mass is 10.1. The van der Waals surface area contributed by atoms with E-state index in [-0.39, 0.29) is 6.61 Å². The minimum absolute atomic E-state index is 0.0721. The summed E-state index contributed by atoms with van der Waals surface area (Å²) in [4.78, 5) is 25.1. The Hall–Kier alpha value is -3.48. The average Bonchev–Trinajstić information content (AvgIpc) is 3.55. The molecule has 1 aliphatic carbocycles. The lowest BCUT2D eigenvalue weighted by Crippen LogP contribution is -2.39. The second-order valence-corrected chi connectivity index (χ2v) is 7.52. The molecule has 0 radical (unpaired) electrons. The Labute approximate surface area is 173 Å². The van der Waals surface area contributed by atoms with Gasteiger partial charge in [0.05, 0.1) is 12.7 Å². The van der Waals surface area contributed by atoms with Crippen LogP contribution >= 0.6 is 0 Å². The van der Waals surface area contributed by atoms with Gasteiger partial charge in [-0.2, -0.15) is 0 Å². The summed E-state index contributed by atoms with van der Waals surface area (Å²) < 4.78 is 24.0. The van der Waals surface area contributed by atoms with Crippen molar-refractivity contribution in [1.29, 1.82) is 0 Å². The van der Waals surface area contributed by atoms with E-state index in [1.165, 1.54) is 7.11 Å². The first-order chi connectivity index (χ1) is 14.6. The van der Waals surface area contributed by atoms with Crippen LogP contribution in [0.1, 0.15) is 34.9 Å². The SMILES string of the molecule is COC(=O)c1c(C)n(C2CC2)c2ccc(OC(=O)C3COc4ccccc4O3)cc12. The van der Waals surface area contributed by atoms with E-state index in [0.717, 1.165) is 24.1 Å². The number of hydrogen-bond acceptors (Lipinski definition) is 6. The second kappa shape index (κ2) is 7.09. The highest BCUT2D eigenvalue weighted by molar-refractivity contribution is 6.06. The lowest BCUT2D eigenvalue weighted by Gasteiger charge is -2.24. The molecule has 7 nitrogen and oxygen atoms in total. The molecular weight excluding hydrogens is 386 g/mol. The Balaban J connectivity index is 1.44. The quantitative estimate of drug-likeness (QED) is 0.484. The Bertz CT molecular complexity index is 1160. The largest absolute Gasteiger partial charge is 0.485 e. The van der Waals surface area contributed by atoms with Gasteiger partial charge in [-0.25, -0.2) is 9.59 Å². The molecule has 1 saturated carbocycles. The summed E-state index contributed by atoms with van der Waals surface area (Å²) in [6, 6.07) is 12.9. The first-order valence-electron chi connectivity index (χ1n) is 9.90. The lowest BCUT2D eigenvalue weighted by molar-refractivity contribution is -0.144. The molecule has 1 aromatic heterocycles. The van der Waals surface area contributed by atoms with E-state index >= 15 is 0 Å². The fourth-order valence-corrected chi connectivity index (χ4v) is 3.97. The maximum absolute atomic E-state index is 12.7. The molecule has 2 aromatic carbocycles. The molecule has 5 rings (SSSR count). The third kappa shape index (κ3) is 3.07. The normalized spacial score (nSPS) is 17.6. The Morgan fingerprint density at radius 3 is 2.60 bits per heavy atom. The molecule has 0 spiro atoms. The van der Waals surface area contributed by atoms with Crippen molar-refractivity contribution in [1.82, 2.24) is 4.57 Å². The van der Waals surface area contributed by atoms with E-state index < -0.39 is 18.0 Å². The van der Waals surface area contributed by atoms with Crippen molar-refractivity contribution in [3.8, 4) is 17.2 Å². The number of para-hydroxylation sites is 2. The van der Waals surface area contributed by atoms with Gasteiger partial charge in [-0.3, -0.25) is 0 Å². The number of aromatic nitrogens is 1. The summed E-state index contributed by atoms with van der Waals surface area (Å²) in [5.41, 5.74) is 2.30. The van der Waals surface area contributed by atoms with Crippen LogP contribution in [0.4, 0.5) is 0 Å². The zero-order valence-electron chi connectivity index (χ0n) is 16.7. The Kier molecular flexibility index (Phi) is 4.38. The van der Waals surface area contributed by atoms with Crippen LogP contribution in [-0.4, -0.2) is 36.3 Å². The molecule has 1 atom stereocenters. The number of hydrogen-bond donors (Lipinski definition) is 0. The van der Waals surface area contributed by atoms with Gasteiger partial charge in [0, 0.05) is 22.6 Å². The predicted octanol–water partition coefficient (Wildman–Crippen LogP) is 3.82. The van der Waals surface area contributed by atoms with Crippen LogP contribution in [0.2, 0.25) is 0 Å².